The van der Waals surface area contributed by atoms with Gasteiger partial charge in [0.05, 0.1) is 6.10 Å². The van der Waals surface area contributed by atoms with Crippen molar-refractivity contribution in [1.29, 1.82) is 0 Å². The molecule has 0 spiro atoms. The van der Waals surface area contributed by atoms with E-state index in [0.717, 1.165) is 24.4 Å². The zero-order chi connectivity index (χ0) is 15.2. The van der Waals surface area contributed by atoms with Crippen molar-refractivity contribution in [1.82, 2.24) is 5.32 Å². The van der Waals surface area contributed by atoms with Gasteiger partial charge in [0, 0.05) is 17.7 Å². The van der Waals surface area contributed by atoms with E-state index in [0.29, 0.717) is 5.92 Å². The van der Waals surface area contributed by atoms with Gasteiger partial charge in [0.1, 0.15) is 0 Å². The number of hydrogen-bond donors (Lipinski definition) is 1. The summed E-state index contributed by atoms with van der Waals surface area (Å²) in [6.07, 6.45) is 2.39. The van der Waals surface area contributed by atoms with E-state index in [1.165, 1.54) is 5.56 Å². The van der Waals surface area contributed by atoms with Gasteiger partial charge in [0.2, 0.25) is 0 Å². The van der Waals surface area contributed by atoms with Crippen LogP contribution in [0.5, 0.6) is 0 Å². The number of ether oxygens (including phenoxy) is 1. The van der Waals surface area contributed by atoms with Crippen LogP contribution in [0.1, 0.15) is 39.7 Å². The van der Waals surface area contributed by atoms with Crippen LogP contribution in [0.25, 0.3) is 0 Å². The second-order valence-corrected chi connectivity index (χ2v) is 7.05. The Morgan fingerprint density at radius 2 is 1.80 bits per heavy atom. The van der Waals surface area contributed by atoms with E-state index in [4.69, 9.17) is 16.3 Å². The van der Waals surface area contributed by atoms with Crippen molar-refractivity contribution in [2.75, 3.05) is 13.7 Å². The maximum Gasteiger partial charge on any atom is 0.0546 e. The first-order valence-corrected chi connectivity index (χ1v) is 7.70. The van der Waals surface area contributed by atoms with Gasteiger partial charge in [-0.05, 0) is 70.7 Å². The van der Waals surface area contributed by atoms with Crippen LogP contribution in [-0.4, -0.2) is 25.3 Å². The molecule has 3 heteroatoms. The molecule has 0 heterocycles. The summed E-state index contributed by atoms with van der Waals surface area (Å²) < 4.78 is 5.42. The topological polar surface area (TPSA) is 21.3 Å². The number of halogens is 1. The minimum absolute atomic E-state index is 0.147. The van der Waals surface area contributed by atoms with Gasteiger partial charge in [0.25, 0.3) is 0 Å². The van der Waals surface area contributed by atoms with Crippen molar-refractivity contribution in [3.63, 3.8) is 0 Å². The lowest BCUT2D eigenvalue weighted by Gasteiger charge is -2.27. The lowest BCUT2D eigenvalue weighted by atomic mass is 9.93. The average Bonchev–Trinajstić information content (AvgIpc) is 2.37. The fraction of sp³-hybridized carbons (Fsp3) is 0.647. The highest BCUT2D eigenvalue weighted by Crippen LogP contribution is 2.18. The maximum atomic E-state index is 5.94. The summed E-state index contributed by atoms with van der Waals surface area (Å²) in [6.45, 7) is 9.73. The molecule has 2 nitrogen and oxygen atoms in total. The van der Waals surface area contributed by atoms with Gasteiger partial charge in [-0.2, -0.15) is 0 Å². The second kappa shape index (κ2) is 8.02. The van der Waals surface area contributed by atoms with E-state index in [2.05, 4.69) is 45.1 Å². The van der Waals surface area contributed by atoms with Crippen LogP contribution < -0.4 is 5.32 Å². The normalized spacial score (nSPS) is 15.1. The highest BCUT2D eigenvalue weighted by atomic mass is 35.5. The molecule has 1 aromatic rings. The van der Waals surface area contributed by atoms with Crippen molar-refractivity contribution in [2.24, 2.45) is 5.92 Å². The molecular formula is C17H28ClNO. The van der Waals surface area contributed by atoms with Crippen LogP contribution in [0.3, 0.4) is 0 Å². The van der Waals surface area contributed by atoms with E-state index in [1.807, 2.05) is 12.1 Å². The van der Waals surface area contributed by atoms with E-state index in [-0.39, 0.29) is 11.6 Å². The van der Waals surface area contributed by atoms with Crippen LogP contribution in [0.2, 0.25) is 5.02 Å². The third kappa shape index (κ3) is 7.28. The molecule has 0 aliphatic rings. The standard InChI is InChI=1S/C17H28ClNO/c1-13(20-5)10-15(12-19-17(2,3)4)11-14-6-8-16(18)9-7-14/h6-9,13,15,19H,10-12H2,1-5H3. The molecule has 0 aromatic heterocycles. The maximum absolute atomic E-state index is 5.94. The Labute approximate surface area is 128 Å². The first-order chi connectivity index (χ1) is 9.30. The summed E-state index contributed by atoms with van der Waals surface area (Å²) in [7, 11) is 1.78. The Morgan fingerprint density at radius 3 is 2.30 bits per heavy atom. The predicted molar refractivity (Wildman–Crippen MR) is 87.5 cm³/mol. The first-order valence-electron chi connectivity index (χ1n) is 7.32. The van der Waals surface area contributed by atoms with Gasteiger partial charge in [-0.15, -0.1) is 0 Å². The number of nitrogens with one attached hydrogen (secondary N) is 1. The van der Waals surface area contributed by atoms with Crippen molar-refractivity contribution < 1.29 is 4.74 Å². The molecule has 114 valence electrons. The van der Waals surface area contributed by atoms with Gasteiger partial charge in [-0.25, -0.2) is 0 Å². The van der Waals surface area contributed by atoms with Crippen LogP contribution in [-0.2, 0) is 11.2 Å². The second-order valence-electron chi connectivity index (χ2n) is 6.61. The zero-order valence-electron chi connectivity index (χ0n) is 13.4. The largest absolute Gasteiger partial charge is 0.382 e. The molecule has 0 bridgehead atoms. The average molecular weight is 298 g/mol. The van der Waals surface area contributed by atoms with E-state index < -0.39 is 0 Å². The van der Waals surface area contributed by atoms with Crippen LogP contribution in [0.15, 0.2) is 24.3 Å². The van der Waals surface area contributed by atoms with Crippen LogP contribution >= 0.6 is 11.6 Å². The molecule has 0 aliphatic carbocycles. The smallest absolute Gasteiger partial charge is 0.0546 e. The van der Waals surface area contributed by atoms with Gasteiger partial charge < -0.3 is 10.1 Å². The number of rotatable bonds is 7. The van der Waals surface area contributed by atoms with Gasteiger partial charge in [-0.1, -0.05) is 23.7 Å². The number of methoxy groups -OCH3 is 1. The summed E-state index contributed by atoms with van der Waals surface area (Å²) in [4.78, 5) is 0. The zero-order valence-corrected chi connectivity index (χ0v) is 14.1. The highest BCUT2D eigenvalue weighted by Gasteiger charge is 2.17. The lowest BCUT2D eigenvalue weighted by molar-refractivity contribution is 0.0934. The SMILES string of the molecule is COC(C)CC(CNC(C)(C)C)Cc1ccc(Cl)cc1. The minimum atomic E-state index is 0.147. The molecule has 1 N–H and O–H groups in total. The molecule has 1 aromatic carbocycles. The highest BCUT2D eigenvalue weighted by molar-refractivity contribution is 6.30. The van der Waals surface area contributed by atoms with E-state index in [1.54, 1.807) is 7.11 Å². The fourth-order valence-corrected chi connectivity index (χ4v) is 2.33. The van der Waals surface area contributed by atoms with Crippen molar-refractivity contribution >= 4 is 11.6 Å². The van der Waals surface area contributed by atoms with Gasteiger partial charge in [-0.3, -0.25) is 0 Å². The fourth-order valence-electron chi connectivity index (χ4n) is 2.21. The molecule has 0 amide bonds. The van der Waals surface area contributed by atoms with Crippen LogP contribution in [0, 0.1) is 5.92 Å². The molecule has 0 aliphatic heterocycles. The number of hydrogen-bond acceptors (Lipinski definition) is 2. The van der Waals surface area contributed by atoms with Crippen molar-refractivity contribution in [3.8, 4) is 0 Å². The summed E-state index contributed by atoms with van der Waals surface area (Å²) in [5.41, 5.74) is 1.48. The van der Waals surface area contributed by atoms with Gasteiger partial charge in [0.15, 0.2) is 0 Å². The lowest BCUT2D eigenvalue weighted by Crippen LogP contribution is -2.40. The Bertz CT molecular complexity index is 383. The monoisotopic (exact) mass is 297 g/mol. The molecule has 20 heavy (non-hydrogen) atoms. The molecule has 0 radical (unpaired) electrons. The molecule has 1 rings (SSSR count). The van der Waals surface area contributed by atoms with E-state index >= 15 is 0 Å². The quantitative estimate of drug-likeness (QED) is 0.809. The Balaban J connectivity index is 2.63. The van der Waals surface area contributed by atoms with Crippen molar-refractivity contribution in [3.05, 3.63) is 34.9 Å². The third-order valence-corrected chi connectivity index (χ3v) is 3.68. The summed E-state index contributed by atoms with van der Waals surface area (Å²) in [5.74, 6) is 0.561. The van der Waals surface area contributed by atoms with Gasteiger partial charge >= 0.3 is 0 Å². The Hall–Kier alpha value is -0.570. The Kier molecular flexibility index (Phi) is 7.01. The summed E-state index contributed by atoms with van der Waals surface area (Å²) in [5, 5.41) is 4.40. The molecule has 0 fully saturated rings. The Morgan fingerprint density at radius 1 is 1.20 bits per heavy atom. The molecule has 2 unspecified atom stereocenters. The van der Waals surface area contributed by atoms with E-state index in [9.17, 15) is 0 Å². The molecule has 0 saturated heterocycles. The number of benzene rings is 1. The van der Waals surface area contributed by atoms with Crippen molar-refractivity contribution in [2.45, 2.75) is 52.2 Å². The molecule has 2 atom stereocenters. The predicted octanol–water partition coefficient (Wildman–Crippen LogP) is 4.31. The first kappa shape index (κ1) is 17.5. The third-order valence-electron chi connectivity index (χ3n) is 3.43. The minimum Gasteiger partial charge on any atom is -0.382 e. The molecule has 0 saturated carbocycles. The van der Waals surface area contributed by atoms with Crippen LogP contribution in [0.4, 0.5) is 0 Å². The summed E-state index contributed by atoms with van der Waals surface area (Å²) >= 11 is 5.94. The summed E-state index contributed by atoms with van der Waals surface area (Å²) in [6, 6.07) is 8.16. The molecular weight excluding hydrogens is 270 g/mol.